The molecule has 2 unspecified atom stereocenters. The second kappa shape index (κ2) is 7.25. The normalized spacial score (nSPS) is 25.9. The van der Waals surface area contributed by atoms with Crippen LogP contribution in [-0.4, -0.2) is 44.3 Å². The molecule has 0 aliphatic heterocycles. The van der Waals surface area contributed by atoms with Crippen molar-refractivity contribution in [3.8, 4) is 0 Å². The van der Waals surface area contributed by atoms with E-state index in [1.54, 1.807) is 7.11 Å². The second-order valence-corrected chi connectivity index (χ2v) is 5.27. The van der Waals surface area contributed by atoms with Crippen molar-refractivity contribution in [3.05, 3.63) is 0 Å². The van der Waals surface area contributed by atoms with Crippen LogP contribution in [0.4, 0.5) is 0 Å². The van der Waals surface area contributed by atoms with Crippen molar-refractivity contribution in [2.45, 2.75) is 39.2 Å². The lowest BCUT2D eigenvalue weighted by atomic mass is 9.95. The highest BCUT2D eigenvalue weighted by molar-refractivity contribution is 4.81. The molecule has 0 saturated heterocycles. The van der Waals surface area contributed by atoms with Gasteiger partial charge in [0.2, 0.25) is 0 Å². The highest BCUT2D eigenvalue weighted by atomic mass is 16.5. The number of hydrogen-bond donors (Lipinski definition) is 1. The zero-order chi connectivity index (χ0) is 12.0. The summed E-state index contributed by atoms with van der Waals surface area (Å²) in [6, 6.07) is 0.606. The van der Waals surface area contributed by atoms with Crippen LogP contribution in [0.3, 0.4) is 0 Å². The van der Waals surface area contributed by atoms with E-state index in [9.17, 15) is 0 Å². The van der Waals surface area contributed by atoms with Crippen LogP contribution in [-0.2, 0) is 4.74 Å². The molecule has 3 nitrogen and oxygen atoms in total. The Morgan fingerprint density at radius 2 is 2.00 bits per heavy atom. The molecular formula is C13H28N2O. The van der Waals surface area contributed by atoms with Crippen molar-refractivity contribution in [1.82, 2.24) is 4.90 Å². The fraction of sp³-hybridized carbons (Fsp3) is 1.00. The van der Waals surface area contributed by atoms with Gasteiger partial charge in [-0.25, -0.2) is 0 Å². The topological polar surface area (TPSA) is 38.5 Å². The fourth-order valence-electron chi connectivity index (χ4n) is 2.73. The van der Waals surface area contributed by atoms with Gasteiger partial charge in [-0.1, -0.05) is 6.42 Å². The van der Waals surface area contributed by atoms with Crippen LogP contribution < -0.4 is 5.73 Å². The molecule has 0 spiro atoms. The Morgan fingerprint density at radius 1 is 1.31 bits per heavy atom. The van der Waals surface area contributed by atoms with Crippen molar-refractivity contribution < 1.29 is 4.74 Å². The lowest BCUT2D eigenvalue weighted by molar-refractivity contribution is 0.110. The molecule has 0 aromatic rings. The number of ether oxygens (including phenoxy) is 1. The maximum absolute atomic E-state index is 5.83. The van der Waals surface area contributed by atoms with Crippen molar-refractivity contribution in [2.75, 3.05) is 33.4 Å². The number of nitrogens with two attached hydrogens (primary N) is 1. The summed E-state index contributed by atoms with van der Waals surface area (Å²) in [5.41, 5.74) is 5.83. The molecule has 0 amide bonds. The summed E-state index contributed by atoms with van der Waals surface area (Å²) < 4.78 is 5.17. The first kappa shape index (κ1) is 13.9. The van der Waals surface area contributed by atoms with Crippen molar-refractivity contribution in [2.24, 2.45) is 17.6 Å². The van der Waals surface area contributed by atoms with Crippen LogP contribution in [0.2, 0.25) is 0 Å². The summed E-state index contributed by atoms with van der Waals surface area (Å²) in [6.45, 7) is 8.47. The van der Waals surface area contributed by atoms with E-state index in [1.165, 1.54) is 25.8 Å². The number of nitrogens with zero attached hydrogens (tertiary/aromatic N) is 1. The molecule has 1 rings (SSSR count). The summed E-state index contributed by atoms with van der Waals surface area (Å²) in [5.74, 6) is 1.56. The predicted molar refractivity (Wildman–Crippen MR) is 68.5 cm³/mol. The second-order valence-electron chi connectivity index (χ2n) is 5.27. The lowest BCUT2D eigenvalue weighted by Crippen LogP contribution is -2.39. The van der Waals surface area contributed by atoms with Crippen LogP contribution in [0, 0.1) is 11.8 Å². The molecule has 0 heterocycles. The molecule has 1 saturated carbocycles. The van der Waals surface area contributed by atoms with E-state index in [1.807, 2.05) is 0 Å². The average Bonchev–Trinajstić information content (AvgIpc) is 2.70. The maximum Gasteiger partial charge on any atom is 0.0589 e. The Kier molecular flexibility index (Phi) is 6.32. The Balaban J connectivity index is 2.40. The Hall–Kier alpha value is -0.120. The lowest BCUT2D eigenvalue weighted by Gasteiger charge is -2.31. The van der Waals surface area contributed by atoms with E-state index in [2.05, 4.69) is 18.7 Å². The maximum atomic E-state index is 5.83. The molecule has 1 aliphatic rings. The summed E-state index contributed by atoms with van der Waals surface area (Å²) in [7, 11) is 1.77. The van der Waals surface area contributed by atoms with Gasteiger partial charge in [-0.15, -0.1) is 0 Å². The minimum absolute atomic E-state index is 0.606. The van der Waals surface area contributed by atoms with E-state index < -0.39 is 0 Å². The molecule has 0 radical (unpaired) electrons. The van der Waals surface area contributed by atoms with E-state index >= 15 is 0 Å². The SMILES string of the molecule is COCCN(CC1CCCC1CN)C(C)C. The standard InChI is InChI=1S/C13H28N2O/c1-11(2)15(7-8-16-3)10-13-6-4-5-12(13)9-14/h11-13H,4-10,14H2,1-3H3. The molecule has 16 heavy (non-hydrogen) atoms. The van der Waals surface area contributed by atoms with Crippen LogP contribution >= 0.6 is 0 Å². The predicted octanol–water partition coefficient (Wildman–Crippen LogP) is 1.72. The van der Waals surface area contributed by atoms with Gasteiger partial charge in [0.15, 0.2) is 0 Å². The molecule has 0 aromatic heterocycles. The monoisotopic (exact) mass is 228 g/mol. The van der Waals surface area contributed by atoms with E-state index in [4.69, 9.17) is 10.5 Å². The van der Waals surface area contributed by atoms with E-state index in [0.29, 0.717) is 6.04 Å². The smallest absolute Gasteiger partial charge is 0.0589 e. The number of rotatable bonds is 7. The molecule has 2 N–H and O–H groups in total. The third-order valence-electron chi connectivity index (χ3n) is 3.90. The Morgan fingerprint density at radius 3 is 2.56 bits per heavy atom. The Bertz CT molecular complexity index is 185. The zero-order valence-electron chi connectivity index (χ0n) is 11.1. The third kappa shape index (κ3) is 4.04. The zero-order valence-corrected chi connectivity index (χ0v) is 11.1. The van der Waals surface area contributed by atoms with Crippen LogP contribution in [0.15, 0.2) is 0 Å². The van der Waals surface area contributed by atoms with Crippen LogP contribution in [0.5, 0.6) is 0 Å². The summed E-state index contributed by atoms with van der Waals surface area (Å²) in [6.07, 6.45) is 4.05. The molecule has 96 valence electrons. The molecule has 0 bridgehead atoms. The quantitative estimate of drug-likeness (QED) is 0.721. The first-order valence-corrected chi connectivity index (χ1v) is 6.62. The van der Waals surface area contributed by atoms with Gasteiger partial charge in [0.1, 0.15) is 0 Å². The number of hydrogen-bond acceptors (Lipinski definition) is 3. The third-order valence-corrected chi connectivity index (χ3v) is 3.90. The summed E-state index contributed by atoms with van der Waals surface area (Å²) in [5, 5.41) is 0. The summed E-state index contributed by atoms with van der Waals surface area (Å²) in [4.78, 5) is 2.53. The summed E-state index contributed by atoms with van der Waals surface area (Å²) >= 11 is 0. The first-order chi connectivity index (χ1) is 7.69. The fourth-order valence-corrected chi connectivity index (χ4v) is 2.73. The van der Waals surface area contributed by atoms with Gasteiger partial charge in [0.25, 0.3) is 0 Å². The highest BCUT2D eigenvalue weighted by Gasteiger charge is 2.28. The van der Waals surface area contributed by atoms with Gasteiger partial charge in [-0.2, -0.15) is 0 Å². The van der Waals surface area contributed by atoms with E-state index in [-0.39, 0.29) is 0 Å². The van der Waals surface area contributed by atoms with Gasteiger partial charge < -0.3 is 10.5 Å². The minimum atomic E-state index is 0.606. The van der Waals surface area contributed by atoms with Gasteiger partial charge >= 0.3 is 0 Å². The molecule has 0 aromatic carbocycles. The largest absolute Gasteiger partial charge is 0.383 e. The molecular weight excluding hydrogens is 200 g/mol. The van der Waals surface area contributed by atoms with Crippen LogP contribution in [0.1, 0.15) is 33.1 Å². The van der Waals surface area contributed by atoms with Gasteiger partial charge in [-0.05, 0) is 45.1 Å². The number of methoxy groups -OCH3 is 1. The Labute approximate surface area is 100 Å². The van der Waals surface area contributed by atoms with Crippen molar-refractivity contribution in [1.29, 1.82) is 0 Å². The van der Waals surface area contributed by atoms with Crippen molar-refractivity contribution in [3.63, 3.8) is 0 Å². The minimum Gasteiger partial charge on any atom is -0.383 e. The molecule has 1 fully saturated rings. The average molecular weight is 228 g/mol. The van der Waals surface area contributed by atoms with Crippen LogP contribution in [0.25, 0.3) is 0 Å². The van der Waals surface area contributed by atoms with Crippen molar-refractivity contribution >= 4 is 0 Å². The highest BCUT2D eigenvalue weighted by Crippen LogP contribution is 2.31. The molecule has 1 aliphatic carbocycles. The van der Waals surface area contributed by atoms with Gasteiger partial charge in [0, 0.05) is 26.2 Å². The van der Waals surface area contributed by atoms with Gasteiger partial charge in [0.05, 0.1) is 6.61 Å². The van der Waals surface area contributed by atoms with Gasteiger partial charge in [-0.3, -0.25) is 4.90 Å². The molecule has 3 heteroatoms. The first-order valence-electron chi connectivity index (χ1n) is 6.62. The van der Waals surface area contributed by atoms with E-state index in [0.717, 1.165) is 31.5 Å². The molecule has 2 atom stereocenters.